The van der Waals surface area contributed by atoms with Crippen LogP contribution >= 0.6 is 11.6 Å². The number of para-hydroxylation sites is 1. The Morgan fingerprint density at radius 1 is 0.778 bits per heavy atom. The number of benzene rings is 3. The lowest BCUT2D eigenvalue weighted by molar-refractivity contribution is 0.811. The van der Waals surface area contributed by atoms with E-state index in [1.807, 2.05) is 89.6 Å². The average Bonchev–Trinajstić information content (AvgIpc) is 3.12. The molecular weight excluding hydrogens is 354 g/mol. The van der Waals surface area contributed by atoms with Crippen LogP contribution in [0.2, 0.25) is 5.02 Å². The van der Waals surface area contributed by atoms with Gasteiger partial charge in [0.2, 0.25) is 0 Å². The van der Waals surface area contributed by atoms with E-state index in [1.165, 1.54) is 5.56 Å². The van der Waals surface area contributed by atoms with Gasteiger partial charge in [-0.1, -0.05) is 78.3 Å². The molecule has 0 saturated carbocycles. The SMILES string of the molecule is Clc1ccc(C=Cc2nc(Cc3ccccc3)n(-c3ccccc3)n2)cc1. The van der Waals surface area contributed by atoms with Crippen LogP contribution in [-0.2, 0) is 6.42 Å². The lowest BCUT2D eigenvalue weighted by Gasteiger charge is -2.05. The molecule has 0 aliphatic rings. The summed E-state index contributed by atoms with van der Waals surface area (Å²) in [5, 5.41) is 5.43. The molecule has 0 radical (unpaired) electrons. The number of hydrogen-bond donors (Lipinski definition) is 0. The molecule has 1 heterocycles. The van der Waals surface area contributed by atoms with Gasteiger partial charge in [-0.05, 0) is 41.5 Å². The lowest BCUT2D eigenvalue weighted by Crippen LogP contribution is -2.03. The highest BCUT2D eigenvalue weighted by atomic mass is 35.5. The quantitative estimate of drug-likeness (QED) is 0.451. The van der Waals surface area contributed by atoms with Gasteiger partial charge in [-0.2, -0.15) is 0 Å². The Bertz CT molecular complexity index is 1040. The third-order valence-corrected chi connectivity index (χ3v) is 4.44. The van der Waals surface area contributed by atoms with E-state index in [0.717, 1.165) is 28.5 Å². The second kappa shape index (κ2) is 8.02. The minimum absolute atomic E-state index is 0.680. The summed E-state index contributed by atoms with van der Waals surface area (Å²) in [6.07, 6.45) is 4.64. The van der Waals surface area contributed by atoms with Gasteiger partial charge in [0.05, 0.1) is 5.69 Å². The standard InChI is InChI=1S/C23H18ClN3/c24-20-14-11-18(12-15-20)13-16-22-25-23(17-19-7-3-1-4-8-19)27(26-22)21-9-5-2-6-10-21/h1-16H,17H2. The summed E-state index contributed by atoms with van der Waals surface area (Å²) in [6.45, 7) is 0. The Kier molecular flexibility index (Phi) is 5.13. The van der Waals surface area contributed by atoms with Crippen molar-refractivity contribution in [3.63, 3.8) is 0 Å². The third-order valence-electron chi connectivity index (χ3n) is 4.19. The van der Waals surface area contributed by atoms with Gasteiger partial charge in [0.15, 0.2) is 5.82 Å². The molecule has 0 N–H and O–H groups in total. The smallest absolute Gasteiger partial charge is 0.174 e. The molecular formula is C23H18ClN3. The summed E-state index contributed by atoms with van der Waals surface area (Å²) >= 11 is 5.95. The molecule has 0 spiro atoms. The van der Waals surface area contributed by atoms with E-state index in [2.05, 4.69) is 12.1 Å². The van der Waals surface area contributed by atoms with Gasteiger partial charge in [-0.3, -0.25) is 0 Å². The summed E-state index contributed by atoms with van der Waals surface area (Å²) < 4.78 is 1.91. The molecule has 0 aliphatic carbocycles. The number of halogens is 1. The fourth-order valence-corrected chi connectivity index (χ4v) is 2.97. The normalized spacial score (nSPS) is 11.1. The Morgan fingerprint density at radius 3 is 2.15 bits per heavy atom. The van der Waals surface area contributed by atoms with Crippen molar-refractivity contribution >= 4 is 23.8 Å². The molecule has 4 aromatic rings. The fourth-order valence-electron chi connectivity index (χ4n) is 2.85. The molecule has 4 rings (SSSR count). The van der Waals surface area contributed by atoms with E-state index in [0.29, 0.717) is 5.82 Å². The fraction of sp³-hybridized carbons (Fsp3) is 0.0435. The molecule has 27 heavy (non-hydrogen) atoms. The van der Waals surface area contributed by atoms with Crippen molar-refractivity contribution in [3.05, 3.63) is 113 Å². The van der Waals surface area contributed by atoms with E-state index in [4.69, 9.17) is 21.7 Å². The Balaban J connectivity index is 1.67. The van der Waals surface area contributed by atoms with Crippen molar-refractivity contribution in [1.29, 1.82) is 0 Å². The van der Waals surface area contributed by atoms with Crippen LogP contribution in [0.1, 0.15) is 22.8 Å². The zero-order valence-corrected chi connectivity index (χ0v) is 15.4. The van der Waals surface area contributed by atoms with Crippen LogP contribution in [0.5, 0.6) is 0 Å². The van der Waals surface area contributed by atoms with Gasteiger partial charge in [-0.25, -0.2) is 9.67 Å². The maximum atomic E-state index is 5.95. The van der Waals surface area contributed by atoms with Gasteiger partial charge < -0.3 is 0 Å². The van der Waals surface area contributed by atoms with E-state index >= 15 is 0 Å². The predicted octanol–water partition coefficient (Wildman–Crippen LogP) is 5.68. The molecule has 4 heteroatoms. The number of aromatic nitrogens is 3. The maximum Gasteiger partial charge on any atom is 0.174 e. The van der Waals surface area contributed by atoms with Crippen LogP contribution in [0.15, 0.2) is 84.9 Å². The largest absolute Gasteiger partial charge is 0.217 e. The zero-order valence-electron chi connectivity index (χ0n) is 14.7. The number of nitrogens with zero attached hydrogens (tertiary/aromatic N) is 3. The zero-order chi connectivity index (χ0) is 18.5. The summed E-state index contributed by atoms with van der Waals surface area (Å²) in [6, 6.07) is 28.1. The van der Waals surface area contributed by atoms with Crippen LogP contribution in [0.4, 0.5) is 0 Å². The van der Waals surface area contributed by atoms with Crippen molar-refractivity contribution in [3.8, 4) is 5.69 Å². The van der Waals surface area contributed by atoms with Gasteiger partial charge in [0.1, 0.15) is 5.82 Å². The summed E-state index contributed by atoms with van der Waals surface area (Å²) in [5.41, 5.74) is 3.26. The maximum absolute atomic E-state index is 5.95. The number of hydrogen-bond acceptors (Lipinski definition) is 2. The molecule has 1 aromatic heterocycles. The molecule has 3 nitrogen and oxygen atoms in total. The highest BCUT2D eigenvalue weighted by Gasteiger charge is 2.10. The van der Waals surface area contributed by atoms with Crippen LogP contribution < -0.4 is 0 Å². The van der Waals surface area contributed by atoms with E-state index in [9.17, 15) is 0 Å². The van der Waals surface area contributed by atoms with E-state index in [1.54, 1.807) is 0 Å². The van der Waals surface area contributed by atoms with Crippen molar-refractivity contribution in [2.45, 2.75) is 6.42 Å². The Labute approximate surface area is 163 Å². The topological polar surface area (TPSA) is 30.7 Å². The molecule has 0 amide bonds. The van der Waals surface area contributed by atoms with Crippen molar-refractivity contribution in [2.75, 3.05) is 0 Å². The molecule has 132 valence electrons. The Hall–Kier alpha value is -3.17. The van der Waals surface area contributed by atoms with Crippen LogP contribution in [0.3, 0.4) is 0 Å². The lowest BCUT2D eigenvalue weighted by atomic mass is 10.1. The minimum atomic E-state index is 0.680. The molecule has 0 fully saturated rings. The Morgan fingerprint density at radius 2 is 1.44 bits per heavy atom. The highest BCUT2D eigenvalue weighted by molar-refractivity contribution is 6.30. The summed E-state index contributed by atoms with van der Waals surface area (Å²) in [7, 11) is 0. The van der Waals surface area contributed by atoms with Crippen LogP contribution in [0, 0.1) is 0 Å². The van der Waals surface area contributed by atoms with E-state index in [-0.39, 0.29) is 0 Å². The monoisotopic (exact) mass is 371 g/mol. The third kappa shape index (κ3) is 4.33. The van der Waals surface area contributed by atoms with Crippen molar-refractivity contribution in [1.82, 2.24) is 14.8 Å². The summed E-state index contributed by atoms with van der Waals surface area (Å²) in [4.78, 5) is 4.75. The average molecular weight is 372 g/mol. The molecule has 0 aliphatic heterocycles. The minimum Gasteiger partial charge on any atom is -0.217 e. The van der Waals surface area contributed by atoms with Crippen LogP contribution in [-0.4, -0.2) is 14.8 Å². The van der Waals surface area contributed by atoms with Gasteiger partial charge in [0.25, 0.3) is 0 Å². The first-order valence-electron chi connectivity index (χ1n) is 8.77. The molecule has 0 saturated heterocycles. The second-order valence-electron chi connectivity index (χ2n) is 6.18. The van der Waals surface area contributed by atoms with Crippen molar-refractivity contribution in [2.24, 2.45) is 0 Å². The summed E-state index contributed by atoms with van der Waals surface area (Å²) in [5.74, 6) is 1.59. The highest BCUT2D eigenvalue weighted by Crippen LogP contribution is 2.16. The number of rotatable bonds is 5. The van der Waals surface area contributed by atoms with Gasteiger partial charge in [0, 0.05) is 11.4 Å². The molecule has 0 unspecified atom stereocenters. The van der Waals surface area contributed by atoms with Crippen LogP contribution in [0.25, 0.3) is 17.8 Å². The second-order valence-corrected chi connectivity index (χ2v) is 6.62. The molecule has 0 atom stereocenters. The van der Waals surface area contributed by atoms with Crippen molar-refractivity contribution < 1.29 is 0 Å². The first kappa shape index (κ1) is 17.3. The molecule has 0 bridgehead atoms. The van der Waals surface area contributed by atoms with E-state index < -0.39 is 0 Å². The van der Waals surface area contributed by atoms with Gasteiger partial charge >= 0.3 is 0 Å². The molecule has 3 aromatic carbocycles. The predicted molar refractivity (Wildman–Crippen MR) is 111 cm³/mol. The first-order chi connectivity index (χ1) is 13.3. The first-order valence-corrected chi connectivity index (χ1v) is 9.15. The van der Waals surface area contributed by atoms with Gasteiger partial charge in [-0.15, -0.1) is 5.10 Å².